The van der Waals surface area contributed by atoms with E-state index in [-0.39, 0.29) is 18.3 Å². The van der Waals surface area contributed by atoms with E-state index < -0.39 is 0 Å². The summed E-state index contributed by atoms with van der Waals surface area (Å²) < 4.78 is 21.8. The van der Waals surface area contributed by atoms with Crippen LogP contribution in [-0.2, 0) is 22.7 Å². The van der Waals surface area contributed by atoms with Gasteiger partial charge in [0.2, 0.25) is 0 Å². The SMILES string of the molecule is COc1ccc(-c2nn(CN3C[C@H](C)O[C@@H](C)C3)c(=S)n2C[C@@H]2CCCO2)cc1. The van der Waals surface area contributed by atoms with Gasteiger partial charge in [0.1, 0.15) is 5.75 Å². The standard InChI is InChI=1S/C21H30N4O3S/c1-15-11-23(12-16(2)28-15)14-25-21(29)24(13-19-5-4-10-27-19)20(22-25)17-6-8-18(26-3)9-7-17/h6-9,15-16,19H,4-5,10-14H2,1-3H3/t15-,16-,19-/m0/s1. The molecule has 158 valence electrons. The Bertz CT molecular complexity index is 863. The smallest absolute Gasteiger partial charge is 0.199 e. The van der Waals surface area contributed by atoms with Crippen molar-refractivity contribution in [2.24, 2.45) is 0 Å². The molecule has 0 aliphatic carbocycles. The zero-order valence-electron chi connectivity index (χ0n) is 17.4. The largest absolute Gasteiger partial charge is 0.497 e. The van der Waals surface area contributed by atoms with Gasteiger partial charge >= 0.3 is 0 Å². The molecule has 0 unspecified atom stereocenters. The lowest BCUT2D eigenvalue weighted by atomic mass is 10.2. The molecule has 29 heavy (non-hydrogen) atoms. The maximum Gasteiger partial charge on any atom is 0.199 e. The molecule has 0 radical (unpaired) electrons. The first-order chi connectivity index (χ1) is 14.0. The second-order valence-electron chi connectivity index (χ2n) is 8.01. The number of hydrogen-bond acceptors (Lipinski definition) is 6. The first-order valence-corrected chi connectivity index (χ1v) is 10.8. The van der Waals surface area contributed by atoms with Crippen molar-refractivity contribution in [3.63, 3.8) is 0 Å². The predicted octanol–water partition coefficient (Wildman–Crippen LogP) is 3.34. The van der Waals surface area contributed by atoms with Gasteiger partial charge < -0.3 is 14.2 Å². The van der Waals surface area contributed by atoms with Crippen LogP contribution in [0.5, 0.6) is 5.75 Å². The molecule has 4 rings (SSSR count). The average Bonchev–Trinajstić information content (AvgIpc) is 3.31. The number of rotatable bonds is 6. The van der Waals surface area contributed by atoms with Crippen molar-refractivity contribution in [1.82, 2.24) is 19.2 Å². The highest BCUT2D eigenvalue weighted by atomic mass is 32.1. The topological polar surface area (TPSA) is 53.7 Å². The van der Waals surface area contributed by atoms with E-state index in [1.165, 1.54) is 0 Å². The van der Waals surface area contributed by atoms with Gasteiger partial charge in [0.15, 0.2) is 10.6 Å². The monoisotopic (exact) mass is 418 g/mol. The molecule has 2 aliphatic rings. The van der Waals surface area contributed by atoms with Gasteiger partial charge in [-0.15, -0.1) is 0 Å². The molecule has 2 saturated heterocycles. The Kier molecular flexibility index (Phi) is 6.34. The first-order valence-electron chi connectivity index (χ1n) is 10.3. The van der Waals surface area contributed by atoms with E-state index in [4.69, 9.17) is 31.5 Å². The zero-order chi connectivity index (χ0) is 20.4. The maximum absolute atomic E-state index is 5.88. The minimum Gasteiger partial charge on any atom is -0.497 e. The summed E-state index contributed by atoms with van der Waals surface area (Å²) in [5, 5.41) is 4.92. The van der Waals surface area contributed by atoms with Gasteiger partial charge in [-0.25, -0.2) is 4.68 Å². The van der Waals surface area contributed by atoms with Crippen LogP contribution in [0.25, 0.3) is 11.4 Å². The minimum absolute atomic E-state index is 0.194. The molecular weight excluding hydrogens is 388 g/mol. The molecule has 0 bridgehead atoms. The lowest BCUT2D eigenvalue weighted by molar-refractivity contribution is -0.0777. The highest BCUT2D eigenvalue weighted by molar-refractivity contribution is 7.71. The molecular formula is C21H30N4O3S. The summed E-state index contributed by atoms with van der Waals surface area (Å²) in [5.74, 6) is 1.70. The van der Waals surface area contributed by atoms with Crippen LogP contribution in [0.2, 0.25) is 0 Å². The molecule has 3 atom stereocenters. The Balaban J connectivity index is 1.64. The van der Waals surface area contributed by atoms with Crippen molar-refractivity contribution in [2.75, 3.05) is 26.8 Å². The Morgan fingerprint density at radius 2 is 1.90 bits per heavy atom. The van der Waals surface area contributed by atoms with Crippen molar-refractivity contribution in [3.05, 3.63) is 29.0 Å². The molecule has 0 saturated carbocycles. The second-order valence-corrected chi connectivity index (χ2v) is 8.38. The quantitative estimate of drug-likeness (QED) is 0.671. The minimum atomic E-state index is 0.194. The fourth-order valence-corrected chi connectivity index (χ4v) is 4.49. The van der Waals surface area contributed by atoms with Crippen LogP contribution >= 0.6 is 12.2 Å². The Hall–Kier alpha value is -1.74. The van der Waals surface area contributed by atoms with E-state index in [9.17, 15) is 0 Å². The van der Waals surface area contributed by atoms with Gasteiger partial charge in [0.25, 0.3) is 0 Å². The van der Waals surface area contributed by atoms with E-state index in [1.54, 1.807) is 7.11 Å². The van der Waals surface area contributed by atoms with Crippen molar-refractivity contribution in [2.45, 2.75) is 58.2 Å². The molecule has 0 N–H and O–H groups in total. The fourth-order valence-electron chi connectivity index (χ4n) is 4.23. The molecule has 7 nitrogen and oxygen atoms in total. The molecule has 0 spiro atoms. The van der Waals surface area contributed by atoms with E-state index in [0.717, 1.165) is 61.0 Å². The van der Waals surface area contributed by atoms with Crippen molar-refractivity contribution < 1.29 is 14.2 Å². The first kappa shape index (κ1) is 20.5. The third-order valence-electron chi connectivity index (χ3n) is 5.51. The van der Waals surface area contributed by atoms with Gasteiger partial charge in [-0.3, -0.25) is 9.47 Å². The number of ether oxygens (including phenoxy) is 3. The number of aromatic nitrogens is 3. The molecule has 2 aromatic rings. The molecule has 8 heteroatoms. The van der Waals surface area contributed by atoms with E-state index in [0.29, 0.717) is 6.67 Å². The number of benzene rings is 1. The van der Waals surface area contributed by atoms with Crippen LogP contribution in [0.15, 0.2) is 24.3 Å². The fraction of sp³-hybridized carbons (Fsp3) is 0.619. The molecule has 2 fully saturated rings. The lowest BCUT2D eigenvalue weighted by Gasteiger charge is -2.34. The highest BCUT2D eigenvalue weighted by Crippen LogP contribution is 2.24. The Labute approximate surface area is 177 Å². The number of hydrogen-bond donors (Lipinski definition) is 0. The maximum atomic E-state index is 5.88. The summed E-state index contributed by atoms with van der Waals surface area (Å²) in [6, 6.07) is 7.98. The lowest BCUT2D eigenvalue weighted by Crippen LogP contribution is -2.46. The molecule has 3 heterocycles. The van der Waals surface area contributed by atoms with Gasteiger partial charge in [0.05, 0.1) is 38.6 Å². The molecule has 0 amide bonds. The molecule has 2 aliphatic heterocycles. The van der Waals surface area contributed by atoms with E-state index >= 15 is 0 Å². The van der Waals surface area contributed by atoms with Crippen LogP contribution < -0.4 is 4.74 Å². The van der Waals surface area contributed by atoms with E-state index in [2.05, 4.69) is 23.3 Å². The van der Waals surface area contributed by atoms with Crippen LogP contribution in [-0.4, -0.2) is 64.4 Å². The van der Waals surface area contributed by atoms with Gasteiger partial charge in [-0.05, 0) is 63.2 Å². The normalized spacial score (nSPS) is 25.4. The Morgan fingerprint density at radius 3 is 2.52 bits per heavy atom. The second kappa shape index (κ2) is 8.95. The van der Waals surface area contributed by atoms with Crippen LogP contribution in [0.3, 0.4) is 0 Å². The summed E-state index contributed by atoms with van der Waals surface area (Å²) in [6.07, 6.45) is 2.78. The molecule has 1 aromatic carbocycles. The van der Waals surface area contributed by atoms with Crippen molar-refractivity contribution in [1.29, 1.82) is 0 Å². The highest BCUT2D eigenvalue weighted by Gasteiger charge is 2.25. The summed E-state index contributed by atoms with van der Waals surface area (Å²) in [7, 11) is 1.67. The van der Waals surface area contributed by atoms with Gasteiger partial charge in [0, 0.05) is 25.3 Å². The summed E-state index contributed by atoms with van der Waals surface area (Å²) >= 11 is 5.85. The van der Waals surface area contributed by atoms with E-state index in [1.807, 2.05) is 28.9 Å². The summed E-state index contributed by atoms with van der Waals surface area (Å²) in [5.41, 5.74) is 1.03. The summed E-state index contributed by atoms with van der Waals surface area (Å²) in [6.45, 7) is 8.20. The van der Waals surface area contributed by atoms with Gasteiger partial charge in [-0.1, -0.05) is 0 Å². The van der Waals surface area contributed by atoms with Crippen LogP contribution in [0.4, 0.5) is 0 Å². The van der Waals surface area contributed by atoms with Crippen LogP contribution in [0, 0.1) is 4.77 Å². The number of methoxy groups -OCH3 is 1. The zero-order valence-corrected chi connectivity index (χ0v) is 18.2. The van der Waals surface area contributed by atoms with Gasteiger partial charge in [-0.2, -0.15) is 5.10 Å². The molecule has 1 aromatic heterocycles. The predicted molar refractivity (Wildman–Crippen MR) is 114 cm³/mol. The number of morpholine rings is 1. The Morgan fingerprint density at radius 1 is 1.17 bits per heavy atom. The average molecular weight is 419 g/mol. The van der Waals surface area contributed by atoms with Crippen molar-refractivity contribution in [3.8, 4) is 17.1 Å². The third-order valence-corrected chi connectivity index (χ3v) is 5.94. The number of nitrogens with zero attached hydrogens (tertiary/aromatic N) is 4. The summed E-state index contributed by atoms with van der Waals surface area (Å²) in [4.78, 5) is 2.36. The van der Waals surface area contributed by atoms with Crippen LogP contribution in [0.1, 0.15) is 26.7 Å². The third kappa shape index (κ3) is 4.71. The van der Waals surface area contributed by atoms with Crippen molar-refractivity contribution >= 4 is 12.2 Å².